The lowest BCUT2D eigenvalue weighted by Crippen LogP contribution is -2.27. The lowest BCUT2D eigenvalue weighted by atomic mass is 10.0. The number of hydrogen-bond donors (Lipinski definition) is 0. The summed E-state index contributed by atoms with van der Waals surface area (Å²) in [6.45, 7) is 7.95. The summed E-state index contributed by atoms with van der Waals surface area (Å²) < 4.78 is 18.9. The van der Waals surface area contributed by atoms with Crippen LogP contribution in [0.3, 0.4) is 0 Å². The first-order valence-corrected chi connectivity index (χ1v) is 11.7. The number of carbonyl (C=O) groups is 1. The van der Waals surface area contributed by atoms with Crippen molar-refractivity contribution >= 4 is 11.7 Å². The molecule has 0 aliphatic heterocycles. The third-order valence-electron chi connectivity index (χ3n) is 5.74. The molecule has 0 fully saturated rings. The molecule has 3 aromatic carbocycles. The van der Waals surface area contributed by atoms with Gasteiger partial charge in [0, 0.05) is 18.8 Å². The summed E-state index contributed by atoms with van der Waals surface area (Å²) in [5, 5.41) is 0. The Morgan fingerprint density at radius 1 is 0.939 bits per heavy atom. The van der Waals surface area contributed by atoms with Gasteiger partial charge in [0.2, 0.25) is 0 Å². The van der Waals surface area contributed by atoms with Crippen LogP contribution in [0.2, 0.25) is 0 Å². The summed E-state index contributed by atoms with van der Waals surface area (Å²) in [6.07, 6.45) is 3.55. The highest BCUT2D eigenvalue weighted by Gasteiger charge is 2.17. The maximum atomic E-state index is 14.1. The SMILES string of the molecule is CCCCc1ccc(-c2ccc(CN(CC(C)C)c3ccc(F)c(C(=O)OC)c3)cc2)cc1. The van der Waals surface area contributed by atoms with Crippen LogP contribution in [0.15, 0.2) is 66.7 Å². The normalized spacial score (nSPS) is 11.0. The molecule has 0 atom stereocenters. The molecule has 0 heterocycles. The molecule has 0 saturated carbocycles. The Bertz CT molecular complexity index is 1040. The highest BCUT2D eigenvalue weighted by Crippen LogP contribution is 2.25. The van der Waals surface area contributed by atoms with E-state index in [9.17, 15) is 9.18 Å². The molecule has 0 aliphatic rings. The van der Waals surface area contributed by atoms with E-state index in [1.807, 2.05) is 0 Å². The number of halogens is 1. The maximum absolute atomic E-state index is 14.1. The smallest absolute Gasteiger partial charge is 0.340 e. The minimum atomic E-state index is -0.663. The topological polar surface area (TPSA) is 29.5 Å². The van der Waals surface area contributed by atoms with Crippen molar-refractivity contribution in [3.05, 3.63) is 89.2 Å². The van der Waals surface area contributed by atoms with Crippen molar-refractivity contribution in [1.82, 2.24) is 0 Å². The molecule has 0 saturated heterocycles. The number of anilines is 1. The molecule has 0 N–H and O–H groups in total. The Morgan fingerprint density at radius 3 is 2.09 bits per heavy atom. The second-order valence-electron chi connectivity index (χ2n) is 8.93. The zero-order valence-electron chi connectivity index (χ0n) is 20.1. The number of carbonyl (C=O) groups excluding carboxylic acids is 1. The molecule has 0 unspecified atom stereocenters. The van der Waals surface area contributed by atoms with E-state index in [0.717, 1.165) is 24.2 Å². The van der Waals surface area contributed by atoms with Crippen LogP contribution in [0.4, 0.5) is 10.1 Å². The summed E-state index contributed by atoms with van der Waals surface area (Å²) >= 11 is 0. The first-order chi connectivity index (χ1) is 15.9. The number of esters is 1. The van der Waals surface area contributed by atoms with Gasteiger partial charge in [0.05, 0.1) is 12.7 Å². The van der Waals surface area contributed by atoms with Gasteiger partial charge in [-0.25, -0.2) is 9.18 Å². The lowest BCUT2D eigenvalue weighted by Gasteiger charge is -2.27. The number of hydrogen-bond acceptors (Lipinski definition) is 3. The van der Waals surface area contributed by atoms with Crippen molar-refractivity contribution in [1.29, 1.82) is 0 Å². The lowest BCUT2D eigenvalue weighted by molar-refractivity contribution is 0.0595. The summed E-state index contributed by atoms with van der Waals surface area (Å²) in [4.78, 5) is 14.1. The van der Waals surface area contributed by atoms with E-state index in [2.05, 4.69) is 74.2 Å². The number of nitrogens with zero attached hydrogens (tertiary/aromatic N) is 1. The Morgan fingerprint density at radius 2 is 1.55 bits per heavy atom. The fourth-order valence-electron chi connectivity index (χ4n) is 3.95. The molecule has 33 heavy (non-hydrogen) atoms. The van der Waals surface area contributed by atoms with Gasteiger partial charge in [0.25, 0.3) is 0 Å². The van der Waals surface area contributed by atoms with Gasteiger partial charge in [-0.2, -0.15) is 0 Å². The van der Waals surface area contributed by atoms with Gasteiger partial charge in [-0.15, -0.1) is 0 Å². The van der Waals surface area contributed by atoms with E-state index >= 15 is 0 Å². The van der Waals surface area contributed by atoms with Crippen LogP contribution < -0.4 is 4.90 Å². The van der Waals surface area contributed by atoms with Crippen molar-refractivity contribution in [3.8, 4) is 11.1 Å². The van der Waals surface area contributed by atoms with Crippen LogP contribution in [0.25, 0.3) is 11.1 Å². The van der Waals surface area contributed by atoms with Crippen LogP contribution in [0, 0.1) is 11.7 Å². The van der Waals surface area contributed by atoms with E-state index < -0.39 is 11.8 Å². The fraction of sp³-hybridized carbons (Fsp3) is 0.345. The van der Waals surface area contributed by atoms with Gasteiger partial charge in [0.15, 0.2) is 0 Å². The largest absolute Gasteiger partial charge is 0.465 e. The zero-order chi connectivity index (χ0) is 23.8. The predicted octanol–water partition coefficient (Wildman–Crippen LogP) is 7.28. The molecule has 0 bridgehead atoms. The van der Waals surface area contributed by atoms with Crippen molar-refractivity contribution in [2.75, 3.05) is 18.6 Å². The van der Waals surface area contributed by atoms with Crippen LogP contribution in [0.5, 0.6) is 0 Å². The Labute approximate surface area is 197 Å². The highest BCUT2D eigenvalue weighted by atomic mass is 19.1. The molecule has 0 aromatic heterocycles. The Hall–Kier alpha value is -3.14. The van der Waals surface area contributed by atoms with Crippen molar-refractivity contribution in [2.45, 2.75) is 46.6 Å². The number of rotatable bonds is 10. The minimum Gasteiger partial charge on any atom is -0.465 e. The molecule has 3 rings (SSSR count). The van der Waals surface area contributed by atoms with Crippen molar-refractivity contribution < 1.29 is 13.9 Å². The van der Waals surface area contributed by atoms with Gasteiger partial charge >= 0.3 is 5.97 Å². The predicted molar refractivity (Wildman–Crippen MR) is 134 cm³/mol. The van der Waals surface area contributed by atoms with Gasteiger partial charge in [-0.05, 0) is 59.2 Å². The molecule has 174 valence electrons. The van der Waals surface area contributed by atoms with E-state index in [1.54, 1.807) is 12.1 Å². The Kier molecular flexibility index (Phi) is 8.65. The zero-order valence-corrected chi connectivity index (χ0v) is 20.1. The average Bonchev–Trinajstić information content (AvgIpc) is 2.82. The molecule has 3 aromatic rings. The van der Waals surface area contributed by atoms with Gasteiger partial charge < -0.3 is 9.64 Å². The van der Waals surface area contributed by atoms with Crippen LogP contribution >= 0.6 is 0 Å². The summed E-state index contributed by atoms with van der Waals surface area (Å²) in [7, 11) is 1.26. The first kappa shape index (κ1) is 24.5. The van der Waals surface area contributed by atoms with Crippen LogP contribution in [-0.2, 0) is 17.7 Å². The molecule has 0 radical (unpaired) electrons. The number of benzene rings is 3. The molecule has 3 nitrogen and oxygen atoms in total. The van der Waals surface area contributed by atoms with Gasteiger partial charge in [-0.1, -0.05) is 75.7 Å². The quantitative estimate of drug-likeness (QED) is 0.306. The van der Waals surface area contributed by atoms with Gasteiger partial charge in [-0.3, -0.25) is 0 Å². The number of ether oxygens (including phenoxy) is 1. The molecule has 0 amide bonds. The van der Waals surface area contributed by atoms with Crippen LogP contribution in [-0.4, -0.2) is 19.6 Å². The molecular weight excluding hydrogens is 413 g/mol. The number of methoxy groups -OCH3 is 1. The number of unbranched alkanes of at least 4 members (excludes halogenated alkanes) is 1. The van der Waals surface area contributed by atoms with Crippen molar-refractivity contribution in [2.24, 2.45) is 5.92 Å². The summed E-state index contributed by atoms with van der Waals surface area (Å²) in [5.74, 6) is -0.828. The third-order valence-corrected chi connectivity index (χ3v) is 5.74. The Balaban J connectivity index is 1.78. The van der Waals surface area contributed by atoms with Crippen LogP contribution in [0.1, 0.15) is 55.1 Å². The van der Waals surface area contributed by atoms with E-state index in [1.165, 1.54) is 42.7 Å². The number of aryl methyl sites for hydroxylation is 1. The van der Waals surface area contributed by atoms with E-state index in [0.29, 0.717) is 12.5 Å². The highest BCUT2D eigenvalue weighted by molar-refractivity contribution is 5.90. The van der Waals surface area contributed by atoms with Crippen molar-refractivity contribution in [3.63, 3.8) is 0 Å². The third kappa shape index (κ3) is 6.67. The van der Waals surface area contributed by atoms with E-state index in [-0.39, 0.29) is 5.56 Å². The summed E-state index contributed by atoms with van der Waals surface area (Å²) in [6, 6.07) is 22.0. The fourth-order valence-corrected chi connectivity index (χ4v) is 3.95. The average molecular weight is 448 g/mol. The minimum absolute atomic E-state index is 0.0403. The second kappa shape index (κ2) is 11.6. The van der Waals surface area contributed by atoms with E-state index in [4.69, 9.17) is 4.74 Å². The second-order valence-corrected chi connectivity index (χ2v) is 8.93. The molecular formula is C29H34FNO2. The summed E-state index contributed by atoms with van der Waals surface area (Å²) in [5.41, 5.74) is 5.70. The molecule has 0 aliphatic carbocycles. The monoisotopic (exact) mass is 447 g/mol. The van der Waals surface area contributed by atoms with Gasteiger partial charge in [0.1, 0.15) is 5.82 Å². The maximum Gasteiger partial charge on any atom is 0.340 e. The standard InChI is InChI=1S/C29H34FNO2/c1-5-6-7-22-8-12-24(13-9-22)25-14-10-23(11-15-25)20-31(19-21(2)3)26-16-17-28(30)27(18-26)29(32)33-4/h8-18,21H,5-7,19-20H2,1-4H3. The molecule has 4 heteroatoms. The first-order valence-electron chi connectivity index (χ1n) is 11.7. The molecule has 0 spiro atoms.